The van der Waals surface area contributed by atoms with Gasteiger partial charge in [0.25, 0.3) is 0 Å². The van der Waals surface area contributed by atoms with Crippen molar-refractivity contribution >= 4 is 0 Å². The van der Waals surface area contributed by atoms with E-state index in [1.807, 2.05) is 0 Å². The number of rotatable bonds is 12. The van der Waals surface area contributed by atoms with E-state index in [9.17, 15) is 5.11 Å². The van der Waals surface area contributed by atoms with Crippen molar-refractivity contribution in [2.24, 2.45) is 0 Å². The molecule has 98 valence electrons. The molecular weight excluding hydrogens is 208 g/mol. The van der Waals surface area contributed by atoms with E-state index in [4.69, 9.17) is 14.2 Å². The maximum atomic E-state index is 9.32. The second kappa shape index (κ2) is 12.9. The minimum absolute atomic E-state index is 0.383. The van der Waals surface area contributed by atoms with Crippen molar-refractivity contribution in [3.8, 4) is 0 Å². The molecule has 16 heavy (non-hydrogen) atoms. The lowest BCUT2D eigenvalue weighted by Gasteiger charge is -2.09. The number of hydrogen-bond acceptors (Lipinski definition) is 4. The molecule has 0 spiro atoms. The molecule has 0 rings (SSSR count). The molecule has 0 aliphatic heterocycles. The molecule has 1 unspecified atom stereocenters. The first-order valence-electron chi connectivity index (χ1n) is 6.13. The van der Waals surface area contributed by atoms with Gasteiger partial charge in [-0.2, -0.15) is 0 Å². The van der Waals surface area contributed by atoms with Gasteiger partial charge in [-0.1, -0.05) is 6.92 Å². The Morgan fingerprint density at radius 2 is 1.62 bits per heavy atom. The van der Waals surface area contributed by atoms with Crippen LogP contribution in [-0.2, 0) is 14.2 Å². The van der Waals surface area contributed by atoms with E-state index in [0.29, 0.717) is 19.6 Å². The Labute approximate surface area is 98.9 Å². The fourth-order valence-electron chi connectivity index (χ4n) is 1.25. The highest BCUT2D eigenvalue weighted by molar-refractivity contribution is 4.52. The molecular formula is C12H26O4. The summed E-state index contributed by atoms with van der Waals surface area (Å²) in [5, 5.41) is 9.32. The maximum absolute atomic E-state index is 9.32. The minimum atomic E-state index is -0.405. The quantitative estimate of drug-likeness (QED) is 0.521. The van der Waals surface area contributed by atoms with Gasteiger partial charge in [0.1, 0.15) is 0 Å². The van der Waals surface area contributed by atoms with Crippen LogP contribution >= 0.6 is 0 Å². The van der Waals surface area contributed by atoms with Crippen molar-refractivity contribution in [1.29, 1.82) is 0 Å². The van der Waals surface area contributed by atoms with Gasteiger partial charge in [0.2, 0.25) is 0 Å². The van der Waals surface area contributed by atoms with Crippen LogP contribution in [0.15, 0.2) is 0 Å². The monoisotopic (exact) mass is 234 g/mol. The minimum Gasteiger partial charge on any atom is -0.391 e. The molecule has 0 aromatic heterocycles. The Hall–Kier alpha value is -0.160. The lowest BCUT2D eigenvalue weighted by Crippen LogP contribution is -2.16. The lowest BCUT2D eigenvalue weighted by atomic mass is 10.3. The Morgan fingerprint density at radius 3 is 2.19 bits per heavy atom. The van der Waals surface area contributed by atoms with Crippen LogP contribution in [-0.4, -0.2) is 51.4 Å². The topological polar surface area (TPSA) is 47.9 Å². The average molecular weight is 234 g/mol. The van der Waals surface area contributed by atoms with Crippen LogP contribution in [0.4, 0.5) is 0 Å². The van der Waals surface area contributed by atoms with E-state index >= 15 is 0 Å². The molecule has 0 fully saturated rings. The number of ether oxygens (including phenoxy) is 3. The number of hydrogen-bond donors (Lipinski definition) is 1. The zero-order valence-electron chi connectivity index (χ0n) is 10.6. The molecule has 0 amide bonds. The molecule has 0 aliphatic carbocycles. The molecule has 4 heteroatoms. The Bertz CT molecular complexity index is 130. The molecule has 0 saturated carbocycles. The smallest absolute Gasteiger partial charge is 0.0795 e. The summed E-state index contributed by atoms with van der Waals surface area (Å²) in [5.74, 6) is 0. The standard InChI is InChI=1S/C12H26O4/c1-3-7-15-8-4-5-9-16-10-6-12(13)11-14-2/h12-13H,3-11H2,1-2H3. The summed E-state index contributed by atoms with van der Waals surface area (Å²) in [6.45, 7) is 5.51. The fourth-order valence-corrected chi connectivity index (χ4v) is 1.25. The zero-order valence-corrected chi connectivity index (χ0v) is 10.6. The average Bonchev–Trinajstić information content (AvgIpc) is 2.27. The van der Waals surface area contributed by atoms with Gasteiger partial charge in [-0.25, -0.2) is 0 Å². The van der Waals surface area contributed by atoms with Crippen LogP contribution in [0, 0.1) is 0 Å². The molecule has 0 radical (unpaired) electrons. The van der Waals surface area contributed by atoms with Gasteiger partial charge >= 0.3 is 0 Å². The normalized spacial score (nSPS) is 12.9. The van der Waals surface area contributed by atoms with E-state index in [-0.39, 0.29) is 0 Å². The van der Waals surface area contributed by atoms with Gasteiger partial charge in [0.05, 0.1) is 12.7 Å². The molecule has 0 aromatic rings. The van der Waals surface area contributed by atoms with Crippen molar-refractivity contribution in [1.82, 2.24) is 0 Å². The van der Waals surface area contributed by atoms with Crippen LogP contribution in [0.1, 0.15) is 32.6 Å². The summed E-state index contributed by atoms with van der Waals surface area (Å²) in [7, 11) is 1.58. The van der Waals surface area contributed by atoms with E-state index in [0.717, 1.165) is 39.1 Å². The van der Waals surface area contributed by atoms with Crippen LogP contribution < -0.4 is 0 Å². The van der Waals surface area contributed by atoms with Crippen LogP contribution in [0.2, 0.25) is 0 Å². The molecule has 0 saturated heterocycles. The van der Waals surface area contributed by atoms with E-state index in [1.54, 1.807) is 7.11 Å². The second-order valence-corrected chi connectivity index (χ2v) is 3.83. The van der Waals surface area contributed by atoms with Crippen molar-refractivity contribution in [3.63, 3.8) is 0 Å². The van der Waals surface area contributed by atoms with Gasteiger partial charge in [0, 0.05) is 33.5 Å². The third-order valence-electron chi connectivity index (χ3n) is 2.13. The summed E-state index contributed by atoms with van der Waals surface area (Å²) in [6.07, 6.45) is 3.37. The van der Waals surface area contributed by atoms with Crippen molar-refractivity contribution < 1.29 is 19.3 Å². The first kappa shape index (κ1) is 15.8. The summed E-state index contributed by atoms with van der Waals surface area (Å²) in [5.41, 5.74) is 0. The van der Waals surface area contributed by atoms with E-state index in [1.165, 1.54) is 0 Å². The molecule has 0 heterocycles. The predicted molar refractivity (Wildman–Crippen MR) is 63.7 cm³/mol. The van der Waals surface area contributed by atoms with Gasteiger partial charge in [-0.05, 0) is 25.7 Å². The molecule has 1 atom stereocenters. The number of aliphatic hydroxyl groups is 1. The van der Waals surface area contributed by atoms with Crippen LogP contribution in [0.5, 0.6) is 0 Å². The third-order valence-corrected chi connectivity index (χ3v) is 2.13. The second-order valence-electron chi connectivity index (χ2n) is 3.83. The molecule has 4 nitrogen and oxygen atoms in total. The predicted octanol–water partition coefficient (Wildman–Crippen LogP) is 1.61. The van der Waals surface area contributed by atoms with Gasteiger partial charge < -0.3 is 19.3 Å². The van der Waals surface area contributed by atoms with E-state index < -0.39 is 6.10 Å². The van der Waals surface area contributed by atoms with Crippen LogP contribution in [0.3, 0.4) is 0 Å². The SMILES string of the molecule is CCCOCCCCOCCC(O)COC. The molecule has 1 N–H and O–H groups in total. The molecule has 0 bridgehead atoms. The van der Waals surface area contributed by atoms with Crippen molar-refractivity contribution in [2.75, 3.05) is 40.1 Å². The van der Waals surface area contributed by atoms with Gasteiger partial charge in [-0.15, -0.1) is 0 Å². The third kappa shape index (κ3) is 11.9. The Balaban J connectivity index is 2.98. The van der Waals surface area contributed by atoms with E-state index in [2.05, 4.69) is 6.92 Å². The fraction of sp³-hybridized carbons (Fsp3) is 1.00. The summed E-state index contributed by atoms with van der Waals surface area (Å²) < 4.78 is 15.5. The van der Waals surface area contributed by atoms with Gasteiger partial charge in [-0.3, -0.25) is 0 Å². The number of unbranched alkanes of at least 4 members (excludes halogenated alkanes) is 1. The summed E-state index contributed by atoms with van der Waals surface area (Å²) >= 11 is 0. The lowest BCUT2D eigenvalue weighted by molar-refractivity contribution is 0.0298. The summed E-state index contributed by atoms with van der Waals surface area (Å²) in [4.78, 5) is 0. The first-order valence-corrected chi connectivity index (χ1v) is 6.13. The van der Waals surface area contributed by atoms with Crippen molar-refractivity contribution in [3.05, 3.63) is 0 Å². The highest BCUT2D eigenvalue weighted by Crippen LogP contribution is 1.96. The summed E-state index contributed by atoms with van der Waals surface area (Å²) in [6, 6.07) is 0. The number of methoxy groups -OCH3 is 1. The van der Waals surface area contributed by atoms with Gasteiger partial charge in [0.15, 0.2) is 0 Å². The van der Waals surface area contributed by atoms with Crippen LogP contribution in [0.25, 0.3) is 0 Å². The van der Waals surface area contributed by atoms with Crippen molar-refractivity contribution in [2.45, 2.75) is 38.7 Å². The largest absolute Gasteiger partial charge is 0.391 e. The Kier molecular flexibility index (Phi) is 12.8. The highest BCUT2D eigenvalue weighted by atomic mass is 16.5. The highest BCUT2D eigenvalue weighted by Gasteiger charge is 2.02. The Morgan fingerprint density at radius 1 is 1.00 bits per heavy atom. The number of aliphatic hydroxyl groups excluding tert-OH is 1. The zero-order chi connectivity index (χ0) is 12.1. The molecule has 0 aliphatic rings. The molecule has 0 aromatic carbocycles. The maximum Gasteiger partial charge on any atom is 0.0795 e. The first-order chi connectivity index (χ1) is 7.81.